The number of piperidine rings is 1. The summed E-state index contributed by atoms with van der Waals surface area (Å²) in [5.74, 6) is 0.858. The van der Waals surface area contributed by atoms with E-state index in [0.29, 0.717) is 0 Å². The third-order valence-electron chi connectivity index (χ3n) is 5.97. The first-order valence-electron chi connectivity index (χ1n) is 9.20. The lowest BCUT2D eigenvalue weighted by molar-refractivity contribution is 0.0581. The third-order valence-corrected chi connectivity index (χ3v) is 5.97. The van der Waals surface area contributed by atoms with Crippen molar-refractivity contribution in [1.82, 2.24) is 20.4 Å². The first-order valence-corrected chi connectivity index (χ1v) is 9.20. The Morgan fingerprint density at radius 1 is 0.952 bits per heavy atom. The maximum Gasteiger partial charge on any atom is 0.0261 e. The molecule has 2 unspecified atom stereocenters. The predicted octanol–water partition coefficient (Wildman–Crippen LogP) is 1.13. The van der Waals surface area contributed by atoms with Crippen molar-refractivity contribution in [2.24, 2.45) is 5.92 Å². The lowest BCUT2D eigenvalue weighted by Gasteiger charge is -2.45. The summed E-state index contributed by atoms with van der Waals surface area (Å²) in [7, 11) is 2.40. The van der Waals surface area contributed by atoms with Gasteiger partial charge in [0.05, 0.1) is 0 Å². The van der Waals surface area contributed by atoms with Crippen LogP contribution >= 0.6 is 0 Å². The van der Waals surface area contributed by atoms with Crippen LogP contribution in [0.5, 0.6) is 0 Å². The second-order valence-electron chi connectivity index (χ2n) is 7.33. The van der Waals surface area contributed by atoms with E-state index in [2.05, 4.69) is 27.5 Å². The van der Waals surface area contributed by atoms with Crippen molar-refractivity contribution in [2.45, 2.75) is 50.6 Å². The molecule has 0 aromatic carbocycles. The number of nitrogens with zero attached hydrogens (tertiary/aromatic N) is 2. The molecule has 0 amide bonds. The van der Waals surface area contributed by atoms with Crippen LogP contribution in [-0.2, 0) is 0 Å². The Hall–Kier alpha value is -0.160. The monoisotopic (exact) mass is 294 g/mol. The summed E-state index contributed by atoms with van der Waals surface area (Å²) in [6.45, 7) is 8.55. The maximum absolute atomic E-state index is 3.65. The fourth-order valence-corrected chi connectivity index (χ4v) is 4.57. The van der Waals surface area contributed by atoms with Gasteiger partial charge in [0.25, 0.3) is 0 Å². The topological polar surface area (TPSA) is 30.5 Å². The molecule has 2 N–H and O–H groups in total. The number of piperazine rings is 1. The predicted molar refractivity (Wildman–Crippen MR) is 88.7 cm³/mol. The quantitative estimate of drug-likeness (QED) is 0.814. The number of hydrogen-bond acceptors (Lipinski definition) is 4. The summed E-state index contributed by atoms with van der Waals surface area (Å²) in [5, 5.41) is 7.12. The van der Waals surface area contributed by atoms with Crippen LogP contribution in [0, 0.1) is 5.92 Å². The van der Waals surface area contributed by atoms with Crippen molar-refractivity contribution in [3.05, 3.63) is 0 Å². The summed E-state index contributed by atoms with van der Waals surface area (Å²) < 4.78 is 0. The average molecular weight is 294 g/mol. The number of rotatable bonds is 4. The van der Waals surface area contributed by atoms with Crippen LogP contribution in [0.3, 0.4) is 0 Å². The molecule has 0 aromatic rings. The smallest absolute Gasteiger partial charge is 0.0261 e. The van der Waals surface area contributed by atoms with Gasteiger partial charge in [-0.1, -0.05) is 19.3 Å². The van der Waals surface area contributed by atoms with Gasteiger partial charge in [0.2, 0.25) is 0 Å². The van der Waals surface area contributed by atoms with E-state index >= 15 is 0 Å². The average Bonchev–Trinajstić information content (AvgIpc) is 2.56. The van der Waals surface area contributed by atoms with E-state index in [-0.39, 0.29) is 0 Å². The Kier molecular flexibility index (Phi) is 5.92. The highest BCUT2D eigenvalue weighted by Gasteiger charge is 2.33. The minimum absolute atomic E-state index is 0.747. The zero-order valence-corrected chi connectivity index (χ0v) is 13.8. The summed E-state index contributed by atoms with van der Waals surface area (Å²) >= 11 is 0. The zero-order chi connectivity index (χ0) is 14.5. The Morgan fingerprint density at radius 2 is 1.71 bits per heavy atom. The van der Waals surface area contributed by atoms with Crippen LogP contribution in [0.1, 0.15) is 38.5 Å². The van der Waals surface area contributed by atoms with E-state index in [4.69, 9.17) is 0 Å². The SMILES string of the molecule is CN(C1CCCCC1)C1CNCCC1CN1CCNCC1. The Balaban J connectivity index is 1.57. The molecule has 21 heavy (non-hydrogen) atoms. The van der Waals surface area contributed by atoms with E-state index < -0.39 is 0 Å². The molecule has 4 heteroatoms. The summed E-state index contributed by atoms with van der Waals surface area (Å²) in [5.41, 5.74) is 0. The molecule has 0 radical (unpaired) electrons. The van der Waals surface area contributed by atoms with Crippen molar-refractivity contribution in [2.75, 3.05) is 52.9 Å². The van der Waals surface area contributed by atoms with E-state index in [1.807, 2.05) is 0 Å². The molecule has 3 fully saturated rings. The molecule has 122 valence electrons. The summed E-state index contributed by atoms with van der Waals surface area (Å²) in [4.78, 5) is 5.44. The van der Waals surface area contributed by atoms with Gasteiger partial charge in [-0.15, -0.1) is 0 Å². The number of nitrogens with one attached hydrogen (secondary N) is 2. The lowest BCUT2D eigenvalue weighted by atomic mass is 9.87. The molecule has 2 atom stereocenters. The van der Waals surface area contributed by atoms with E-state index in [1.165, 1.54) is 84.3 Å². The zero-order valence-electron chi connectivity index (χ0n) is 13.8. The standard InChI is InChI=1S/C17H34N4/c1-20(16-5-3-2-4-6-16)17-13-19-8-7-15(17)14-21-11-9-18-10-12-21/h15-19H,2-14H2,1H3. The van der Waals surface area contributed by atoms with Gasteiger partial charge in [-0.2, -0.15) is 0 Å². The van der Waals surface area contributed by atoms with Crippen LogP contribution < -0.4 is 10.6 Å². The Bertz CT molecular complexity index is 297. The van der Waals surface area contributed by atoms with Gasteiger partial charge >= 0.3 is 0 Å². The van der Waals surface area contributed by atoms with E-state index in [0.717, 1.165) is 18.0 Å². The fourth-order valence-electron chi connectivity index (χ4n) is 4.57. The van der Waals surface area contributed by atoms with Crippen molar-refractivity contribution in [1.29, 1.82) is 0 Å². The molecule has 0 spiro atoms. The molecule has 3 rings (SSSR count). The largest absolute Gasteiger partial charge is 0.315 e. The molecular weight excluding hydrogens is 260 g/mol. The van der Waals surface area contributed by atoms with Gasteiger partial charge in [0, 0.05) is 51.4 Å². The minimum Gasteiger partial charge on any atom is -0.315 e. The van der Waals surface area contributed by atoms with Crippen molar-refractivity contribution in [3.8, 4) is 0 Å². The molecule has 1 saturated carbocycles. The number of hydrogen-bond donors (Lipinski definition) is 2. The van der Waals surface area contributed by atoms with Crippen molar-refractivity contribution >= 4 is 0 Å². The van der Waals surface area contributed by atoms with Crippen LogP contribution in [-0.4, -0.2) is 74.7 Å². The lowest BCUT2D eigenvalue weighted by Crippen LogP contribution is -2.57. The Morgan fingerprint density at radius 3 is 2.48 bits per heavy atom. The molecule has 2 aliphatic heterocycles. The molecule has 2 saturated heterocycles. The normalized spacial score (nSPS) is 33.4. The Labute approximate surface area is 130 Å². The highest BCUT2D eigenvalue weighted by atomic mass is 15.2. The van der Waals surface area contributed by atoms with Gasteiger partial charge < -0.3 is 15.5 Å². The maximum atomic E-state index is 3.65. The van der Waals surface area contributed by atoms with Gasteiger partial charge in [-0.25, -0.2) is 0 Å². The van der Waals surface area contributed by atoms with Crippen LogP contribution in [0.25, 0.3) is 0 Å². The van der Waals surface area contributed by atoms with Crippen molar-refractivity contribution < 1.29 is 0 Å². The van der Waals surface area contributed by atoms with E-state index in [1.54, 1.807) is 0 Å². The fraction of sp³-hybridized carbons (Fsp3) is 1.00. The molecule has 3 aliphatic rings. The van der Waals surface area contributed by atoms with Crippen LogP contribution in [0.2, 0.25) is 0 Å². The van der Waals surface area contributed by atoms with E-state index in [9.17, 15) is 0 Å². The highest BCUT2D eigenvalue weighted by Crippen LogP contribution is 2.27. The second kappa shape index (κ2) is 7.91. The molecule has 0 aromatic heterocycles. The second-order valence-corrected chi connectivity index (χ2v) is 7.33. The third kappa shape index (κ3) is 4.19. The minimum atomic E-state index is 0.747. The van der Waals surface area contributed by atoms with Crippen LogP contribution in [0.15, 0.2) is 0 Å². The highest BCUT2D eigenvalue weighted by molar-refractivity contribution is 4.90. The first kappa shape index (κ1) is 15.7. The molecule has 4 nitrogen and oxygen atoms in total. The van der Waals surface area contributed by atoms with Gasteiger partial charge in [-0.05, 0) is 38.8 Å². The van der Waals surface area contributed by atoms with Gasteiger partial charge in [0.1, 0.15) is 0 Å². The molecule has 2 heterocycles. The van der Waals surface area contributed by atoms with Crippen molar-refractivity contribution in [3.63, 3.8) is 0 Å². The molecule has 0 bridgehead atoms. The molecular formula is C17H34N4. The number of likely N-dealkylation sites (N-methyl/N-ethyl adjacent to an activating group) is 1. The van der Waals surface area contributed by atoms with Gasteiger partial charge in [-0.3, -0.25) is 4.90 Å². The first-order chi connectivity index (χ1) is 10.3. The summed E-state index contributed by atoms with van der Waals surface area (Å²) in [6.07, 6.45) is 8.54. The van der Waals surface area contributed by atoms with Crippen LogP contribution in [0.4, 0.5) is 0 Å². The van der Waals surface area contributed by atoms with Gasteiger partial charge in [0.15, 0.2) is 0 Å². The summed E-state index contributed by atoms with van der Waals surface area (Å²) in [6, 6.07) is 1.59. The molecule has 1 aliphatic carbocycles.